The molecule has 0 aliphatic heterocycles. The summed E-state index contributed by atoms with van der Waals surface area (Å²) in [6.07, 6.45) is 0. The van der Waals surface area contributed by atoms with E-state index in [1.807, 2.05) is 69.3 Å². The van der Waals surface area contributed by atoms with Crippen molar-refractivity contribution in [1.82, 2.24) is 4.72 Å². The van der Waals surface area contributed by atoms with Crippen molar-refractivity contribution in [2.24, 2.45) is 0 Å². The molecule has 0 atom stereocenters. The Hall–Kier alpha value is -1.21. The molecule has 0 aliphatic carbocycles. The van der Waals surface area contributed by atoms with Crippen LogP contribution in [0, 0.1) is 0 Å². The van der Waals surface area contributed by atoms with E-state index in [9.17, 15) is 8.42 Å². The maximum absolute atomic E-state index is 13.0. The second-order valence-corrected chi connectivity index (χ2v) is 10.4. The normalized spacial score (nSPS) is 12.6. The highest BCUT2D eigenvalue weighted by atomic mass is 79.9. The molecular formula is C19H20BrNO2S2. The van der Waals surface area contributed by atoms with Crippen molar-refractivity contribution in [1.29, 1.82) is 0 Å². The molecule has 0 fully saturated rings. The predicted octanol–water partition coefficient (Wildman–Crippen LogP) is 5.54. The average molecular weight is 438 g/mol. The van der Waals surface area contributed by atoms with E-state index in [4.69, 9.17) is 0 Å². The van der Waals surface area contributed by atoms with Crippen LogP contribution >= 0.6 is 27.3 Å². The van der Waals surface area contributed by atoms with Gasteiger partial charge < -0.3 is 0 Å². The summed E-state index contributed by atoms with van der Waals surface area (Å²) in [5.74, 6) is 0. The van der Waals surface area contributed by atoms with E-state index < -0.39 is 15.6 Å². The molecule has 0 bridgehead atoms. The van der Waals surface area contributed by atoms with Crippen molar-refractivity contribution in [2.75, 3.05) is 0 Å². The Morgan fingerprint density at radius 3 is 2.28 bits per heavy atom. The van der Waals surface area contributed by atoms with Crippen molar-refractivity contribution < 1.29 is 8.42 Å². The van der Waals surface area contributed by atoms with Crippen molar-refractivity contribution in [3.8, 4) is 11.1 Å². The summed E-state index contributed by atoms with van der Waals surface area (Å²) in [6.45, 7) is 5.55. The van der Waals surface area contributed by atoms with Crippen LogP contribution in [0.4, 0.5) is 0 Å². The predicted molar refractivity (Wildman–Crippen MR) is 110 cm³/mol. The highest BCUT2D eigenvalue weighted by Crippen LogP contribution is 2.41. The van der Waals surface area contributed by atoms with E-state index in [2.05, 4.69) is 20.7 Å². The van der Waals surface area contributed by atoms with Crippen LogP contribution in [0.2, 0.25) is 0 Å². The number of halogens is 1. The number of fused-ring (bicyclic) bond motifs is 1. The zero-order valence-electron chi connectivity index (χ0n) is 14.3. The molecule has 132 valence electrons. The fourth-order valence-electron chi connectivity index (χ4n) is 2.70. The molecule has 0 unspecified atom stereocenters. The number of thiophene rings is 1. The summed E-state index contributed by atoms with van der Waals surface area (Å²) >= 11 is 4.76. The number of benzene rings is 2. The number of hydrogen-bond acceptors (Lipinski definition) is 3. The monoisotopic (exact) mass is 437 g/mol. The van der Waals surface area contributed by atoms with Crippen molar-refractivity contribution >= 4 is 47.4 Å². The Kier molecular flexibility index (Phi) is 5.08. The highest BCUT2D eigenvalue weighted by Gasteiger charge is 2.28. The molecule has 2 aromatic carbocycles. The first-order chi connectivity index (χ1) is 11.7. The Labute approximate surface area is 161 Å². The first kappa shape index (κ1) is 18.6. The molecule has 25 heavy (non-hydrogen) atoms. The Morgan fingerprint density at radius 2 is 1.68 bits per heavy atom. The van der Waals surface area contributed by atoms with Gasteiger partial charge in [-0.3, -0.25) is 0 Å². The zero-order chi connectivity index (χ0) is 18.2. The lowest BCUT2D eigenvalue weighted by Gasteiger charge is -2.20. The third-order valence-electron chi connectivity index (χ3n) is 3.64. The van der Waals surface area contributed by atoms with E-state index in [1.54, 1.807) is 0 Å². The van der Waals surface area contributed by atoms with Crippen molar-refractivity contribution in [2.45, 2.75) is 35.8 Å². The summed E-state index contributed by atoms with van der Waals surface area (Å²) in [5.41, 5.74) is 2.31. The lowest BCUT2D eigenvalue weighted by molar-refractivity contribution is 0.493. The van der Waals surface area contributed by atoms with Crippen LogP contribution in [0.5, 0.6) is 0 Å². The number of rotatable bonds is 4. The fraction of sp³-hybridized carbons (Fsp3) is 0.263. The summed E-state index contributed by atoms with van der Waals surface area (Å²) in [7, 11) is -3.62. The molecule has 1 aromatic heterocycles. The van der Waals surface area contributed by atoms with E-state index in [1.165, 1.54) is 11.3 Å². The van der Waals surface area contributed by atoms with E-state index >= 15 is 0 Å². The molecule has 0 aliphatic rings. The van der Waals surface area contributed by atoms with Gasteiger partial charge in [-0.15, -0.1) is 11.3 Å². The standard InChI is InChI=1S/C19H20BrNO2S2/c1-19(2,3)21-25(22,23)18-17(14-10-8-13(12-20)9-11-14)15-6-4-5-7-16(15)24-18/h4-11,21H,12H2,1-3H3. The average Bonchev–Trinajstić information content (AvgIpc) is 2.93. The lowest BCUT2D eigenvalue weighted by atomic mass is 10.0. The number of nitrogens with one attached hydrogen (secondary N) is 1. The second kappa shape index (κ2) is 6.83. The smallest absolute Gasteiger partial charge is 0.206 e. The SMILES string of the molecule is CC(C)(C)NS(=O)(=O)c1sc2ccccc2c1-c1ccc(CBr)cc1. The Bertz CT molecular complexity index is 1000. The second-order valence-electron chi connectivity index (χ2n) is 6.95. The summed E-state index contributed by atoms with van der Waals surface area (Å²) in [4.78, 5) is 0. The maximum atomic E-state index is 13.0. The van der Waals surface area contributed by atoms with Gasteiger partial charge in [-0.1, -0.05) is 58.4 Å². The van der Waals surface area contributed by atoms with Gasteiger partial charge in [-0.25, -0.2) is 13.1 Å². The molecular weight excluding hydrogens is 418 g/mol. The molecule has 3 aromatic rings. The van der Waals surface area contributed by atoms with Crippen LogP contribution in [-0.2, 0) is 15.4 Å². The molecule has 0 amide bonds. The third-order valence-corrected chi connectivity index (χ3v) is 7.74. The van der Waals surface area contributed by atoms with Gasteiger partial charge in [-0.05, 0) is 38.0 Å². The number of sulfonamides is 1. The lowest BCUT2D eigenvalue weighted by Crippen LogP contribution is -2.40. The van der Waals surface area contributed by atoms with Crippen LogP contribution in [0.15, 0.2) is 52.7 Å². The molecule has 1 heterocycles. The molecule has 0 saturated carbocycles. The molecule has 0 radical (unpaired) electrons. The summed E-state index contributed by atoms with van der Waals surface area (Å²) < 4.78 is 30.2. The van der Waals surface area contributed by atoms with Gasteiger partial charge in [-0.2, -0.15) is 0 Å². The van der Waals surface area contributed by atoms with Crippen LogP contribution in [0.3, 0.4) is 0 Å². The van der Waals surface area contributed by atoms with Gasteiger partial charge in [0.25, 0.3) is 10.0 Å². The van der Waals surface area contributed by atoms with Gasteiger partial charge in [0, 0.05) is 26.5 Å². The van der Waals surface area contributed by atoms with Crippen molar-refractivity contribution in [3.63, 3.8) is 0 Å². The van der Waals surface area contributed by atoms with Crippen LogP contribution in [0.25, 0.3) is 21.2 Å². The van der Waals surface area contributed by atoms with Crippen LogP contribution in [0.1, 0.15) is 26.3 Å². The zero-order valence-corrected chi connectivity index (χ0v) is 17.6. The number of hydrogen-bond donors (Lipinski definition) is 1. The minimum Gasteiger partial charge on any atom is -0.206 e. The minimum absolute atomic E-state index is 0.371. The molecule has 3 nitrogen and oxygen atoms in total. The summed E-state index contributed by atoms with van der Waals surface area (Å²) in [6, 6.07) is 15.8. The fourth-order valence-corrected chi connectivity index (χ4v) is 6.25. The van der Waals surface area contributed by atoms with Gasteiger partial charge in [0.15, 0.2) is 0 Å². The van der Waals surface area contributed by atoms with Crippen LogP contribution in [-0.4, -0.2) is 14.0 Å². The van der Waals surface area contributed by atoms with Gasteiger partial charge in [0.2, 0.25) is 0 Å². The Morgan fingerprint density at radius 1 is 1.04 bits per heavy atom. The van der Waals surface area contributed by atoms with Gasteiger partial charge in [0.1, 0.15) is 4.21 Å². The molecule has 6 heteroatoms. The topological polar surface area (TPSA) is 46.2 Å². The minimum atomic E-state index is -3.62. The third kappa shape index (κ3) is 3.97. The first-order valence-electron chi connectivity index (χ1n) is 7.92. The number of alkyl halides is 1. The molecule has 3 rings (SSSR count). The van der Waals surface area contributed by atoms with Crippen LogP contribution < -0.4 is 4.72 Å². The molecule has 0 saturated heterocycles. The van der Waals surface area contributed by atoms with E-state index in [0.29, 0.717) is 4.21 Å². The van der Waals surface area contributed by atoms with Gasteiger partial charge in [0.05, 0.1) is 0 Å². The van der Waals surface area contributed by atoms with Gasteiger partial charge >= 0.3 is 0 Å². The maximum Gasteiger partial charge on any atom is 0.251 e. The van der Waals surface area contributed by atoms with E-state index in [0.717, 1.165) is 32.1 Å². The molecule has 0 spiro atoms. The molecule has 1 N–H and O–H groups in total. The largest absolute Gasteiger partial charge is 0.251 e. The van der Waals surface area contributed by atoms with E-state index in [-0.39, 0.29) is 0 Å². The first-order valence-corrected chi connectivity index (χ1v) is 11.3. The van der Waals surface area contributed by atoms with Crippen molar-refractivity contribution in [3.05, 3.63) is 54.1 Å². The quantitative estimate of drug-likeness (QED) is 0.544. The Balaban J connectivity index is 2.25. The summed E-state index contributed by atoms with van der Waals surface area (Å²) in [5, 5.41) is 1.74. The highest BCUT2D eigenvalue weighted by molar-refractivity contribution is 9.08.